The molecular formula is C12H13ClF2. The zero-order chi connectivity index (χ0) is 10.8. The molecule has 0 N–H and O–H groups in total. The molecule has 0 heterocycles. The zero-order valence-electron chi connectivity index (χ0n) is 8.35. The summed E-state index contributed by atoms with van der Waals surface area (Å²) >= 11 is 6.09. The van der Waals surface area contributed by atoms with Crippen molar-refractivity contribution in [3.63, 3.8) is 0 Å². The van der Waals surface area contributed by atoms with E-state index in [9.17, 15) is 8.78 Å². The number of hydrogen-bond acceptors (Lipinski definition) is 0. The molecule has 0 aliphatic heterocycles. The molecular weight excluding hydrogens is 218 g/mol. The van der Waals surface area contributed by atoms with Crippen LogP contribution in [0.15, 0.2) is 18.2 Å². The van der Waals surface area contributed by atoms with Crippen LogP contribution in [0.3, 0.4) is 0 Å². The van der Waals surface area contributed by atoms with Gasteiger partial charge in [0, 0.05) is 5.38 Å². The van der Waals surface area contributed by atoms with E-state index in [2.05, 4.69) is 0 Å². The molecule has 1 aromatic rings. The number of rotatable bonds is 4. The van der Waals surface area contributed by atoms with Gasteiger partial charge in [-0.1, -0.05) is 25.0 Å². The number of halogens is 3. The maximum absolute atomic E-state index is 13.3. The monoisotopic (exact) mass is 230 g/mol. The van der Waals surface area contributed by atoms with Crippen LogP contribution in [0.5, 0.6) is 0 Å². The first-order chi connectivity index (χ1) is 7.16. The first-order valence-corrected chi connectivity index (χ1v) is 5.67. The summed E-state index contributed by atoms with van der Waals surface area (Å²) in [5.74, 6) is -0.828. The third-order valence-corrected chi connectivity index (χ3v) is 3.09. The summed E-state index contributed by atoms with van der Waals surface area (Å²) in [4.78, 5) is 0. The lowest BCUT2D eigenvalue weighted by Crippen LogP contribution is -2.06. The van der Waals surface area contributed by atoms with Gasteiger partial charge in [0.05, 0.1) is 0 Å². The van der Waals surface area contributed by atoms with Crippen molar-refractivity contribution in [2.24, 2.45) is 5.92 Å². The molecule has 0 bridgehead atoms. The number of hydrogen-bond donors (Lipinski definition) is 0. The van der Waals surface area contributed by atoms with Gasteiger partial charge in [0.15, 0.2) is 11.6 Å². The quantitative estimate of drug-likeness (QED) is 0.688. The van der Waals surface area contributed by atoms with E-state index in [1.54, 1.807) is 6.07 Å². The Labute approximate surface area is 93.2 Å². The summed E-state index contributed by atoms with van der Waals surface area (Å²) in [6.45, 7) is 0. The van der Waals surface area contributed by atoms with E-state index in [1.807, 2.05) is 0 Å². The second-order valence-corrected chi connectivity index (χ2v) is 4.81. The van der Waals surface area contributed by atoms with Crippen molar-refractivity contribution in [3.8, 4) is 0 Å². The highest BCUT2D eigenvalue weighted by Crippen LogP contribution is 2.35. The summed E-state index contributed by atoms with van der Waals surface area (Å²) in [5.41, 5.74) is 0.385. The lowest BCUT2D eigenvalue weighted by atomic mass is 10.1. The highest BCUT2D eigenvalue weighted by atomic mass is 35.5. The van der Waals surface area contributed by atoms with Crippen LogP contribution in [-0.2, 0) is 6.42 Å². The van der Waals surface area contributed by atoms with Crippen molar-refractivity contribution < 1.29 is 8.78 Å². The van der Waals surface area contributed by atoms with Crippen LogP contribution in [0, 0.1) is 17.6 Å². The summed E-state index contributed by atoms with van der Waals surface area (Å²) in [6, 6.07) is 4.25. The molecule has 15 heavy (non-hydrogen) atoms. The van der Waals surface area contributed by atoms with Gasteiger partial charge in [-0.2, -0.15) is 0 Å². The molecule has 1 atom stereocenters. The summed E-state index contributed by atoms with van der Waals surface area (Å²) in [6.07, 6.45) is 3.79. The van der Waals surface area contributed by atoms with Gasteiger partial charge in [-0.25, -0.2) is 8.78 Å². The molecule has 0 amide bonds. The normalized spacial score (nSPS) is 17.8. The molecule has 1 aromatic carbocycles. The number of alkyl halides is 1. The van der Waals surface area contributed by atoms with Gasteiger partial charge >= 0.3 is 0 Å². The summed E-state index contributed by atoms with van der Waals surface area (Å²) in [7, 11) is 0. The van der Waals surface area contributed by atoms with Crippen molar-refractivity contribution in [1.29, 1.82) is 0 Å². The Bertz CT molecular complexity index is 347. The molecule has 1 saturated carbocycles. The highest BCUT2D eigenvalue weighted by molar-refractivity contribution is 6.20. The Morgan fingerprint density at radius 3 is 2.73 bits per heavy atom. The van der Waals surface area contributed by atoms with Gasteiger partial charge < -0.3 is 0 Å². The van der Waals surface area contributed by atoms with Gasteiger partial charge in [0.25, 0.3) is 0 Å². The van der Waals surface area contributed by atoms with Crippen molar-refractivity contribution in [1.82, 2.24) is 0 Å². The van der Waals surface area contributed by atoms with Crippen molar-refractivity contribution in [2.45, 2.75) is 31.1 Å². The van der Waals surface area contributed by atoms with Crippen molar-refractivity contribution in [3.05, 3.63) is 35.4 Å². The maximum Gasteiger partial charge on any atom is 0.162 e. The first-order valence-electron chi connectivity index (χ1n) is 5.23. The average molecular weight is 231 g/mol. The standard InChI is InChI=1S/C12H13ClF2/c13-10(6-8-4-5-8)7-9-2-1-3-11(14)12(9)15/h1-3,8,10H,4-7H2. The average Bonchev–Trinajstić information content (AvgIpc) is 2.97. The Morgan fingerprint density at radius 2 is 2.07 bits per heavy atom. The Kier molecular flexibility index (Phi) is 3.25. The van der Waals surface area contributed by atoms with E-state index in [-0.39, 0.29) is 5.38 Å². The van der Waals surface area contributed by atoms with Gasteiger partial charge in [-0.05, 0) is 30.4 Å². The van der Waals surface area contributed by atoms with E-state index >= 15 is 0 Å². The van der Waals surface area contributed by atoms with Crippen LogP contribution >= 0.6 is 11.6 Å². The van der Waals surface area contributed by atoms with Crippen LogP contribution in [0.2, 0.25) is 0 Å². The van der Waals surface area contributed by atoms with Gasteiger partial charge in [0.1, 0.15) is 0 Å². The lowest BCUT2D eigenvalue weighted by Gasteiger charge is -2.09. The zero-order valence-corrected chi connectivity index (χ0v) is 9.11. The van der Waals surface area contributed by atoms with E-state index in [0.717, 1.165) is 12.5 Å². The summed E-state index contributed by atoms with van der Waals surface area (Å²) < 4.78 is 26.2. The first kappa shape index (κ1) is 10.9. The van der Waals surface area contributed by atoms with Crippen LogP contribution < -0.4 is 0 Å². The van der Waals surface area contributed by atoms with E-state index in [4.69, 9.17) is 11.6 Å². The molecule has 0 aromatic heterocycles. The fourth-order valence-corrected chi connectivity index (χ4v) is 2.16. The van der Waals surface area contributed by atoms with Gasteiger partial charge in [-0.15, -0.1) is 11.6 Å². The molecule has 0 spiro atoms. The Balaban J connectivity index is 1.99. The second kappa shape index (κ2) is 4.48. The third kappa shape index (κ3) is 2.91. The molecule has 0 saturated heterocycles. The fraction of sp³-hybridized carbons (Fsp3) is 0.500. The minimum absolute atomic E-state index is 0.0752. The summed E-state index contributed by atoms with van der Waals surface area (Å²) in [5, 5.41) is -0.0752. The van der Waals surface area contributed by atoms with Crippen LogP contribution in [0.25, 0.3) is 0 Å². The lowest BCUT2D eigenvalue weighted by molar-refractivity contribution is 0.496. The molecule has 2 rings (SSSR count). The maximum atomic E-state index is 13.3. The number of benzene rings is 1. The molecule has 3 heteroatoms. The Hall–Kier alpha value is -0.630. The van der Waals surface area contributed by atoms with Crippen LogP contribution in [0.4, 0.5) is 8.78 Å². The smallest absolute Gasteiger partial charge is 0.162 e. The Morgan fingerprint density at radius 1 is 1.33 bits per heavy atom. The van der Waals surface area contributed by atoms with Crippen LogP contribution in [0.1, 0.15) is 24.8 Å². The minimum Gasteiger partial charge on any atom is -0.204 e. The predicted molar refractivity (Wildman–Crippen MR) is 57.0 cm³/mol. The third-order valence-electron chi connectivity index (χ3n) is 2.76. The van der Waals surface area contributed by atoms with Crippen molar-refractivity contribution in [2.75, 3.05) is 0 Å². The minimum atomic E-state index is -0.789. The predicted octanol–water partition coefficient (Wildman–Crippen LogP) is 3.91. The molecule has 82 valence electrons. The van der Waals surface area contributed by atoms with E-state index < -0.39 is 11.6 Å². The highest BCUT2D eigenvalue weighted by Gasteiger charge is 2.25. The van der Waals surface area contributed by atoms with E-state index in [1.165, 1.54) is 18.9 Å². The molecule has 1 aliphatic rings. The molecule has 0 nitrogen and oxygen atoms in total. The van der Waals surface area contributed by atoms with Crippen LogP contribution in [-0.4, -0.2) is 5.38 Å². The molecule has 0 radical (unpaired) electrons. The van der Waals surface area contributed by atoms with Crippen molar-refractivity contribution >= 4 is 11.6 Å². The fourth-order valence-electron chi connectivity index (χ4n) is 1.74. The molecule has 1 fully saturated rings. The largest absolute Gasteiger partial charge is 0.204 e. The van der Waals surface area contributed by atoms with E-state index in [0.29, 0.717) is 17.9 Å². The topological polar surface area (TPSA) is 0 Å². The molecule has 1 unspecified atom stereocenters. The molecule has 1 aliphatic carbocycles. The SMILES string of the molecule is Fc1cccc(CC(Cl)CC2CC2)c1F. The van der Waals surface area contributed by atoms with Gasteiger partial charge in [-0.3, -0.25) is 0 Å². The second-order valence-electron chi connectivity index (χ2n) is 4.19. The van der Waals surface area contributed by atoms with Gasteiger partial charge in [0.2, 0.25) is 0 Å².